The zero-order valence-corrected chi connectivity index (χ0v) is 17.8. The first-order chi connectivity index (χ1) is 14.6. The highest BCUT2D eigenvalue weighted by atomic mass is 19.1. The van der Waals surface area contributed by atoms with Gasteiger partial charge in [0.2, 0.25) is 0 Å². The van der Waals surface area contributed by atoms with Crippen molar-refractivity contribution in [3.63, 3.8) is 0 Å². The fourth-order valence-corrected chi connectivity index (χ4v) is 5.64. The van der Waals surface area contributed by atoms with E-state index in [0.717, 1.165) is 17.4 Å². The normalized spacial score (nSPS) is 26.1. The molecule has 158 valence electrons. The Morgan fingerprint density at radius 1 is 0.833 bits per heavy atom. The Balaban J connectivity index is 1.46. The Labute approximate surface area is 179 Å². The Morgan fingerprint density at radius 2 is 1.50 bits per heavy atom. The molecule has 0 heterocycles. The lowest BCUT2D eigenvalue weighted by molar-refractivity contribution is 0.133. The van der Waals surface area contributed by atoms with Crippen molar-refractivity contribution in [1.29, 1.82) is 0 Å². The van der Waals surface area contributed by atoms with Gasteiger partial charge in [-0.05, 0) is 104 Å². The lowest BCUT2D eigenvalue weighted by atomic mass is 9.64. The summed E-state index contributed by atoms with van der Waals surface area (Å²) < 4.78 is 28.8. The van der Waals surface area contributed by atoms with Crippen molar-refractivity contribution in [2.24, 2.45) is 17.8 Å². The SMILES string of the molecule is C=CCCc1c(F)cc(-c2ccc(C3CCC4CC(C=C)CCC4C3)cc2)cc1F. The molecule has 0 N–H and O–H groups in total. The molecular formula is C28H32F2. The second-order valence-electron chi connectivity index (χ2n) is 9.21. The van der Waals surface area contributed by atoms with Crippen LogP contribution in [0.4, 0.5) is 8.78 Å². The first-order valence-corrected chi connectivity index (χ1v) is 11.4. The van der Waals surface area contributed by atoms with Gasteiger partial charge in [0.1, 0.15) is 11.6 Å². The molecule has 2 heteroatoms. The highest BCUT2D eigenvalue weighted by Gasteiger charge is 2.35. The predicted molar refractivity (Wildman–Crippen MR) is 121 cm³/mol. The Bertz CT molecular complexity index is 872. The minimum absolute atomic E-state index is 0.151. The van der Waals surface area contributed by atoms with E-state index in [-0.39, 0.29) is 5.56 Å². The Morgan fingerprint density at radius 3 is 2.17 bits per heavy atom. The number of halogens is 2. The fraction of sp³-hybridized carbons (Fsp3) is 0.429. The van der Waals surface area contributed by atoms with Gasteiger partial charge in [-0.1, -0.05) is 36.4 Å². The van der Waals surface area contributed by atoms with E-state index in [1.165, 1.54) is 56.2 Å². The third kappa shape index (κ3) is 4.43. The van der Waals surface area contributed by atoms with Crippen LogP contribution < -0.4 is 0 Å². The van der Waals surface area contributed by atoms with Crippen LogP contribution in [0.5, 0.6) is 0 Å². The lowest BCUT2D eigenvalue weighted by Crippen LogP contribution is -2.29. The molecule has 2 fully saturated rings. The molecule has 4 unspecified atom stereocenters. The number of rotatable bonds is 6. The van der Waals surface area contributed by atoms with Crippen LogP contribution in [0.2, 0.25) is 0 Å². The first kappa shape index (κ1) is 21.0. The highest BCUT2D eigenvalue weighted by molar-refractivity contribution is 5.64. The van der Waals surface area contributed by atoms with Crippen molar-refractivity contribution >= 4 is 0 Å². The van der Waals surface area contributed by atoms with E-state index >= 15 is 0 Å². The van der Waals surface area contributed by atoms with Crippen LogP contribution in [0.25, 0.3) is 11.1 Å². The molecule has 30 heavy (non-hydrogen) atoms. The van der Waals surface area contributed by atoms with E-state index in [4.69, 9.17) is 0 Å². The molecule has 0 aromatic heterocycles. The van der Waals surface area contributed by atoms with E-state index < -0.39 is 11.6 Å². The third-order valence-corrected chi connectivity index (χ3v) is 7.44. The van der Waals surface area contributed by atoms with Crippen molar-refractivity contribution in [3.05, 3.63) is 84.5 Å². The number of benzene rings is 2. The van der Waals surface area contributed by atoms with Crippen LogP contribution in [0.3, 0.4) is 0 Å². The quantitative estimate of drug-likeness (QED) is 0.424. The van der Waals surface area contributed by atoms with Gasteiger partial charge in [0, 0.05) is 5.56 Å². The monoisotopic (exact) mass is 406 g/mol. The van der Waals surface area contributed by atoms with Gasteiger partial charge in [-0.25, -0.2) is 8.78 Å². The lowest BCUT2D eigenvalue weighted by Gasteiger charge is -2.41. The zero-order valence-electron chi connectivity index (χ0n) is 17.8. The molecule has 4 rings (SSSR count). The van der Waals surface area contributed by atoms with Crippen molar-refractivity contribution < 1.29 is 8.78 Å². The second-order valence-corrected chi connectivity index (χ2v) is 9.21. The van der Waals surface area contributed by atoms with Crippen molar-refractivity contribution in [1.82, 2.24) is 0 Å². The van der Waals surface area contributed by atoms with Crippen molar-refractivity contribution in [2.45, 2.75) is 57.3 Å². The summed E-state index contributed by atoms with van der Waals surface area (Å²) in [6.07, 6.45) is 12.5. The van der Waals surface area contributed by atoms with Crippen LogP contribution in [0.1, 0.15) is 62.0 Å². The largest absolute Gasteiger partial charge is 0.207 e. The molecule has 0 bridgehead atoms. The summed E-state index contributed by atoms with van der Waals surface area (Å²) in [4.78, 5) is 0. The molecule has 4 atom stereocenters. The molecular weight excluding hydrogens is 374 g/mol. The topological polar surface area (TPSA) is 0 Å². The fourth-order valence-electron chi connectivity index (χ4n) is 5.64. The maximum atomic E-state index is 14.4. The molecule has 0 radical (unpaired) electrons. The third-order valence-electron chi connectivity index (χ3n) is 7.44. The zero-order chi connectivity index (χ0) is 21.1. The van der Waals surface area contributed by atoms with E-state index in [2.05, 4.69) is 31.4 Å². The van der Waals surface area contributed by atoms with Crippen LogP contribution in [0, 0.1) is 29.4 Å². The molecule has 0 amide bonds. The molecule has 2 aromatic rings. The highest BCUT2D eigenvalue weighted by Crippen LogP contribution is 2.47. The first-order valence-electron chi connectivity index (χ1n) is 11.4. The maximum Gasteiger partial charge on any atom is 0.129 e. The molecule has 2 aliphatic rings. The average Bonchev–Trinajstić information content (AvgIpc) is 2.78. The van der Waals surface area contributed by atoms with Crippen LogP contribution >= 0.6 is 0 Å². The van der Waals surface area contributed by atoms with Crippen LogP contribution in [-0.2, 0) is 6.42 Å². The molecule has 0 spiro atoms. The van der Waals surface area contributed by atoms with Crippen LogP contribution in [0.15, 0.2) is 61.7 Å². The van der Waals surface area contributed by atoms with E-state index in [0.29, 0.717) is 30.2 Å². The number of allylic oxidation sites excluding steroid dienone is 2. The van der Waals surface area contributed by atoms with Gasteiger partial charge in [0.05, 0.1) is 0 Å². The van der Waals surface area contributed by atoms with Crippen molar-refractivity contribution in [3.8, 4) is 11.1 Å². The number of fused-ring (bicyclic) bond motifs is 1. The predicted octanol–water partition coefficient (Wildman–Crippen LogP) is 8.24. The molecule has 2 aromatic carbocycles. The maximum absolute atomic E-state index is 14.4. The van der Waals surface area contributed by atoms with Gasteiger partial charge in [-0.3, -0.25) is 0 Å². The van der Waals surface area contributed by atoms with E-state index in [1.807, 2.05) is 12.1 Å². The van der Waals surface area contributed by atoms with Gasteiger partial charge >= 0.3 is 0 Å². The molecule has 2 aliphatic carbocycles. The summed E-state index contributed by atoms with van der Waals surface area (Å²) in [5, 5.41) is 0. The van der Waals surface area contributed by atoms with Gasteiger partial charge in [0.15, 0.2) is 0 Å². The summed E-state index contributed by atoms with van der Waals surface area (Å²) >= 11 is 0. The summed E-state index contributed by atoms with van der Waals surface area (Å²) in [6, 6.07) is 11.3. The van der Waals surface area contributed by atoms with Gasteiger partial charge in [-0.2, -0.15) is 0 Å². The van der Waals surface area contributed by atoms with Gasteiger partial charge in [0.25, 0.3) is 0 Å². The van der Waals surface area contributed by atoms with E-state index in [1.54, 1.807) is 6.08 Å². The van der Waals surface area contributed by atoms with Crippen LogP contribution in [-0.4, -0.2) is 0 Å². The number of hydrogen-bond acceptors (Lipinski definition) is 0. The molecule has 2 saturated carbocycles. The molecule has 0 saturated heterocycles. The minimum Gasteiger partial charge on any atom is -0.207 e. The summed E-state index contributed by atoms with van der Waals surface area (Å²) in [5.74, 6) is 2.09. The standard InChI is InChI=1S/C28H32F2/c1-3-5-6-26-27(29)17-25(18-28(26)30)21-11-9-20(10-12-21)23-14-13-22-15-19(4-2)7-8-24(22)16-23/h3-4,9-12,17-19,22-24H,1-2,5-8,13-16H2. The minimum atomic E-state index is -0.468. The second kappa shape index (κ2) is 9.29. The Kier molecular flexibility index (Phi) is 6.51. The van der Waals surface area contributed by atoms with Gasteiger partial charge in [-0.15, -0.1) is 13.2 Å². The molecule has 0 nitrogen and oxygen atoms in total. The smallest absolute Gasteiger partial charge is 0.129 e. The summed E-state index contributed by atoms with van der Waals surface area (Å²) in [5.41, 5.74) is 2.99. The summed E-state index contributed by atoms with van der Waals surface area (Å²) in [7, 11) is 0. The van der Waals surface area contributed by atoms with E-state index in [9.17, 15) is 8.78 Å². The summed E-state index contributed by atoms with van der Waals surface area (Å²) in [6.45, 7) is 7.62. The average molecular weight is 407 g/mol. The number of hydrogen-bond donors (Lipinski definition) is 0. The Hall–Kier alpha value is -2.22. The van der Waals surface area contributed by atoms with Gasteiger partial charge < -0.3 is 0 Å². The van der Waals surface area contributed by atoms with Crippen molar-refractivity contribution in [2.75, 3.05) is 0 Å². The molecule has 0 aliphatic heterocycles.